The highest BCUT2D eigenvalue weighted by Gasteiger charge is 2.08. The number of nitrogens with one attached hydrogen (secondary N) is 2. The number of urea groups is 1. The Labute approximate surface area is 134 Å². The lowest BCUT2D eigenvalue weighted by molar-refractivity contribution is 0.162. The molecule has 2 rings (SSSR count). The van der Waals surface area contributed by atoms with E-state index in [0.717, 1.165) is 12.1 Å². The number of anilines is 1. The molecule has 6 nitrogen and oxygen atoms in total. The third-order valence-corrected chi connectivity index (χ3v) is 3.38. The van der Waals surface area contributed by atoms with Gasteiger partial charge in [0.05, 0.1) is 16.8 Å². The van der Waals surface area contributed by atoms with Crippen LogP contribution in [0.5, 0.6) is 0 Å². The van der Waals surface area contributed by atoms with E-state index in [0.29, 0.717) is 17.1 Å². The Bertz CT molecular complexity index is 616. The highest BCUT2D eigenvalue weighted by Crippen LogP contribution is 2.23. The van der Waals surface area contributed by atoms with Crippen LogP contribution in [0.3, 0.4) is 0 Å². The largest absolute Gasteiger partial charge is 0.391 e. The highest BCUT2D eigenvalue weighted by molar-refractivity contribution is 6.32. The molecule has 0 aliphatic rings. The van der Waals surface area contributed by atoms with Gasteiger partial charge in [0, 0.05) is 24.6 Å². The molecule has 1 unspecified atom stereocenters. The lowest BCUT2D eigenvalue weighted by atomic mass is 10.2. The first kappa shape index (κ1) is 16.3. The number of aliphatic hydroxyl groups excluding tert-OH is 1. The number of benzene rings is 1. The number of hydrogen-bond donors (Lipinski definition) is 3. The summed E-state index contributed by atoms with van der Waals surface area (Å²) in [6.45, 7) is 2.20. The van der Waals surface area contributed by atoms with Gasteiger partial charge in [0.25, 0.3) is 0 Å². The van der Waals surface area contributed by atoms with Crippen molar-refractivity contribution >= 4 is 23.3 Å². The van der Waals surface area contributed by atoms with Crippen LogP contribution in [0.15, 0.2) is 36.7 Å². The van der Waals surface area contributed by atoms with Gasteiger partial charge in [0.15, 0.2) is 0 Å². The summed E-state index contributed by atoms with van der Waals surface area (Å²) >= 11 is 6.20. The molecule has 1 heterocycles. The summed E-state index contributed by atoms with van der Waals surface area (Å²) in [5.74, 6) is 0. The Morgan fingerprint density at radius 3 is 2.95 bits per heavy atom. The summed E-state index contributed by atoms with van der Waals surface area (Å²) < 4.78 is 1.65. The van der Waals surface area contributed by atoms with Gasteiger partial charge in [-0.25, -0.2) is 9.48 Å². The first-order valence-corrected chi connectivity index (χ1v) is 7.50. The molecular formula is C15H19ClN4O2. The number of aromatic nitrogens is 2. The smallest absolute Gasteiger partial charge is 0.319 e. The normalized spacial score (nSPS) is 12.0. The predicted molar refractivity (Wildman–Crippen MR) is 86.5 cm³/mol. The van der Waals surface area contributed by atoms with Crippen molar-refractivity contribution in [3.63, 3.8) is 0 Å². The Kier molecular flexibility index (Phi) is 5.80. The third kappa shape index (κ3) is 4.47. The molecule has 7 heteroatoms. The number of aliphatic hydroxyl groups is 1. The molecule has 0 saturated carbocycles. The number of amides is 2. The van der Waals surface area contributed by atoms with E-state index < -0.39 is 6.10 Å². The van der Waals surface area contributed by atoms with E-state index in [1.807, 2.05) is 6.92 Å². The topological polar surface area (TPSA) is 79.2 Å². The molecule has 118 valence electrons. The summed E-state index contributed by atoms with van der Waals surface area (Å²) in [7, 11) is 0. The van der Waals surface area contributed by atoms with Gasteiger partial charge in [-0.15, -0.1) is 0 Å². The van der Waals surface area contributed by atoms with Gasteiger partial charge in [-0.3, -0.25) is 0 Å². The molecule has 0 aliphatic heterocycles. The third-order valence-electron chi connectivity index (χ3n) is 3.08. The molecule has 0 bridgehead atoms. The highest BCUT2D eigenvalue weighted by atomic mass is 35.5. The Morgan fingerprint density at radius 1 is 1.50 bits per heavy atom. The predicted octanol–water partition coefficient (Wildman–Crippen LogP) is 2.81. The van der Waals surface area contributed by atoms with Crippen molar-refractivity contribution in [1.82, 2.24) is 15.1 Å². The Hall–Kier alpha value is -2.05. The average molecular weight is 323 g/mol. The van der Waals surface area contributed by atoms with Crippen molar-refractivity contribution in [2.45, 2.75) is 25.9 Å². The standard InChI is InChI=1S/C15H19ClN4O2/c1-2-4-12(21)10-17-15(22)19-11-5-6-14(13(16)9-11)20-8-3-7-18-20/h3,5-9,12,21H,2,4,10H2,1H3,(H2,17,19,22). The molecule has 22 heavy (non-hydrogen) atoms. The van der Waals surface area contributed by atoms with Crippen LogP contribution in [0.2, 0.25) is 5.02 Å². The molecule has 1 atom stereocenters. The van der Waals surface area contributed by atoms with Crippen LogP contribution < -0.4 is 10.6 Å². The minimum atomic E-state index is -0.526. The number of rotatable bonds is 6. The maximum absolute atomic E-state index is 11.8. The molecule has 2 amide bonds. The van der Waals surface area contributed by atoms with Crippen molar-refractivity contribution in [3.05, 3.63) is 41.7 Å². The minimum Gasteiger partial charge on any atom is -0.391 e. The quantitative estimate of drug-likeness (QED) is 0.765. The lowest BCUT2D eigenvalue weighted by Crippen LogP contribution is -2.35. The van der Waals surface area contributed by atoms with Gasteiger partial charge in [-0.05, 0) is 30.7 Å². The molecule has 2 aromatic rings. The van der Waals surface area contributed by atoms with Gasteiger partial charge >= 0.3 is 6.03 Å². The zero-order valence-corrected chi connectivity index (χ0v) is 13.0. The molecular weight excluding hydrogens is 304 g/mol. The molecule has 1 aromatic carbocycles. The van der Waals surface area contributed by atoms with Crippen molar-refractivity contribution in [2.24, 2.45) is 0 Å². The number of halogens is 1. The average Bonchev–Trinajstić information content (AvgIpc) is 2.99. The lowest BCUT2D eigenvalue weighted by Gasteiger charge is -2.12. The van der Waals surface area contributed by atoms with Crippen molar-refractivity contribution in [2.75, 3.05) is 11.9 Å². The van der Waals surface area contributed by atoms with E-state index in [1.54, 1.807) is 41.3 Å². The number of nitrogens with zero attached hydrogens (tertiary/aromatic N) is 2. The molecule has 0 fully saturated rings. The molecule has 1 aromatic heterocycles. The summed E-state index contributed by atoms with van der Waals surface area (Å²) in [6, 6.07) is 6.60. The van der Waals surface area contributed by atoms with Crippen LogP contribution in [-0.2, 0) is 0 Å². The van der Waals surface area contributed by atoms with Crippen LogP contribution in [0, 0.1) is 0 Å². The van der Waals surface area contributed by atoms with E-state index in [1.165, 1.54) is 0 Å². The fourth-order valence-electron chi connectivity index (χ4n) is 2.00. The van der Waals surface area contributed by atoms with E-state index in [2.05, 4.69) is 15.7 Å². The zero-order valence-electron chi connectivity index (χ0n) is 12.3. The Balaban J connectivity index is 1.93. The molecule has 0 aliphatic carbocycles. The van der Waals surface area contributed by atoms with Crippen LogP contribution >= 0.6 is 11.6 Å². The molecule has 3 N–H and O–H groups in total. The van der Waals surface area contributed by atoms with Gasteiger partial charge in [0.1, 0.15) is 0 Å². The molecule has 0 radical (unpaired) electrons. The monoisotopic (exact) mass is 322 g/mol. The van der Waals surface area contributed by atoms with Gasteiger partial charge in [-0.2, -0.15) is 5.10 Å². The van der Waals surface area contributed by atoms with E-state index >= 15 is 0 Å². The second kappa shape index (κ2) is 7.82. The van der Waals surface area contributed by atoms with E-state index in [-0.39, 0.29) is 12.6 Å². The van der Waals surface area contributed by atoms with Crippen molar-refractivity contribution in [3.8, 4) is 5.69 Å². The summed E-state index contributed by atoms with van der Waals surface area (Å²) in [6.07, 6.45) is 4.45. The first-order valence-electron chi connectivity index (χ1n) is 7.12. The fraction of sp³-hybridized carbons (Fsp3) is 0.333. The maximum atomic E-state index is 11.8. The SMILES string of the molecule is CCCC(O)CNC(=O)Nc1ccc(-n2cccn2)c(Cl)c1. The van der Waals surface area contributed by atoms with Gasteiger partial charge in [0.2, 0.25) is 0 Å². The van der Waals surface area contributed by atoms with Crippen molar-refractivity contribution in [1.29, 1.82) is 0 Å². The zero-order chi connectivity index (χ0) is 15.9. The van der Waals surface area contributed by atoms with Gasteiger partial charge < -0.3 is 15.7 Å². The minimum absolute atomic E-state index is 0.221. The van der Waals surface area contributed by atoms with Crippen LogP contribution in [0.25, 0.3) is 5.69 Å². The first-order chi connectivity index (χ1) is 10.6. The van der Waals surface area contributed by atoms with E-state index in [9.17, 15) is 9.90 Å². The Morgan fingerprint density at radius 2 is 2.32 bits per heavy atom. The summed E-state index contributed by atoms with van der Waals surface area (Å²) in [5, 5.41) is 19.5. The fourth-order valence-corrected chi connectivity index (χ4v) is 2.27. The van der Waals surface area contributed by atoms with E-state index in [4.69, 9.17) is 11.6 Å². The second-order valence-electron chi connectivity index (χ2n) is 4.89. The summed E-state index contributed by atoms with van der Waals surface area (Å²) in [4.78, 5) is 11.8. The number of hydrogen-bond acceptors (Lipinski definition) is 3. The summed E-state index contributed by atoms with van der Waals surface area (Å²) in [5.41, 5.74) is 1.30. The number of carbonyl (C=O) groups excluding carboxylic acids is 1. The van der Waals surface area contributed by atoms with Crippen LogP contribution in [-0.4, -0.2) is 33.6 Å². The second-order valence-corrected chi connectivity index (χ2v) is 5.30. The van der Waals surface area contributed by atoms with Crippen LogP contribution in [0.4, 0.5) is 10.5 Å². The maximum Gasteiger partial charge on any atom is 0.319 e. The van der Waals surface area contributed by atoms with Crippen molar-refractivity contribution < 1.29 is 9.90 Å². The van der Waals surface area contributed by atoms with Crippen LogP contribution in [0.1, 0.15) is 19.8 Å². The molecule has 0 spiro atoms. The number of carbonyl (C=O) groups is 1. The molecule has 0 saturated heterocycles. The van der Waals surface area contributed by atoms with Gasteiger partial charge in [-0.1, -0.05) is 24.9 Å².